The molecule has 1 aromatic rings. The summed E-state index contributed by atoms with van der Waals surface area (Å²) in [5.74, 6) is 0. The van der Waals surface area contributed by atoms with E-state index < -0.39 is 15.5 Å². The Balaban J connectivity index is 2.27. The zero-order valence-corrected chi connectivity index (χ0v) is 12.9. The number of aromatic amines is 1. The molecule has 1 fully saturated rings. The van der Waals surface area contributed by atoms with E-state index in [0.29, 0.717) is 6.54 Å². The molecule has 0 aliphatic heterocycles. The second kappa shape index (κ2) is 5.31. The van der Waals surface area contributed by atoms with Crippen molar-refractivity contribution >= 4 is 10.0 Å². The number of nitrogens with zero attached hydrogens (tertiary/aromatic N) is 2. The topological polar surface area (TPSA) is 73.5 Å². The van der Waals surface area contributed by atoms with Gasteiger partial charge in [-0.1, -0.05) is 0 Å². The predicted octanol–water partition coefficient (Wildman–Crippen LogP) is 0.480. The molecule has 0 bridgehead atoms. The van der Waals surface area contributed by atoms with Gasteiger partial charge in [-0.25, -0.2) is 8.42 Å². The maximum atomic E-state index is 12.5. The summed E-state index contributed by atoms with van der Waals surface area (Å²) < 4.78 is 26.2. The highest BCUT2D eigenvalue weighted by Crippen LogP contribution is 2.37. The van der Waals surface area contributed by atoms with Crippen LogP contribution in [0.3, 0.4) is 0 Å². The van der Waals surface area contributed by atoms with Crippen molar-refractivity contribution in [2.45, 2.75) is 29.7 Å². The molecule has 20 heavy (non-hydrogen) atoms. The normalized spacial score (nSPS) is 18.2. The zero-order valence-electron chi connectivity index (χ0n) is 12.1. The molecule has 1 aliphatic carbocycles. The number of nitrogens with one attached hydrogen (secondary N) is 1. The van der Waals surface area contributed by atoms with E-state index in [4.69, 9.17) is 0 Å². The van der Waals surface area contributed by atoms with Crippen LogP contribution in [0.1, 0.15) is 19.3 Å². The Bertz CT molecular complexity index is 632. The van der Waals surface area contributed by atoms with Gasteiger partial charge in [0.2, 0.25) is 15.5 Å². The highest BCUT2D eigenvalue weighted by atomic mass is 32.2. The summed E-state index contributed by atoms with van der Waals surface area (Å²) in [4.78, 5) is 16.3. The van der Waals surface area contributed by atoms with Crippen molar-refractivity contribution in [2.24, 2.45) is 0 Å². The molecule has 1 saturated carbocycles. The molecule has 2 rings (SSSR count). The van der Waals surface area contributed by atoms with Crippen molar-refractivity contribution in [3.05, 3.63) is 28.7 Å². The Kier molecular flexibility index (Phi) is 4.04. The molecule has 1 aromatic heterocycles. The van der Waals surface area contributed by atoms with Crippen LogP contribution >= 0.6 is 0 Å². The van der Waals surface area contributed by atoms with Gasteiger partial charge in [0.1, 0.15) is 4.90 Å². The Hall–Kier alpha value is -1.18. The molecule has 112 valence electrons. The number of likely N-dealkylation sites (N-methyl/N-ethyl adjacent to an activating group) is 2. The predicted molar refractivity (Wildman–Crippen MR) is 77.1 cm³/mol. The molecule has 7 heteroatoms. The van der Waals surface area contributed by atoms with Crippen LogP contribution < -0.4 is 5.43 Å². The van der Waals surface area contributed by atoms with Crippen LogP contribution in [0.4, 0.5) is 0 Å². The zero-order chi connectivity index (χ0) is 15.0. The maximum Gasteiger partial charge on any atom is 0.248 e. The van der Waals surface area contributed by atoms with Gasteiger partial charge >= 0.3 is 0 Å². The van der Waals surface area contributed by atoms with E-state index in [-0.39, 0.29) is 10.4 Å². The van der Waals surface area contributed by atoms with Gasteiger partial charge < -0.3 is 9.88 Å². The fraction of sp³-hybridized carbons (Fsp3) is 0.615. The van der Waals surface area contributed by atoms with Gasteiger partial charge in [-0.2, -0.15) is 4.31 Å². The van der Waals surface area contributed by atoms with Crippen LogP contribution in [0.25, 0.3) is 0 Å². The van der Waals surface area contributed by atoms with Crippen LogP contribution in [-0.4, -0.2) is 55.8 Å². The van der Waals surface area contributed by atoms with Crippen molar-refractivity contribution in [1.29, 1.82) is 0 Å². The van der Waals surface area contributed by atoms with Gasteiger partial charge in [-0.05, 0) is 33.4 Å². The van der Waals surface area contributed by atoms with Gasteiger partial charge in [-0.15, -0.1) is 0 Å². The highest BCUT2D eigenvalue weighted by molar-refractivity contribution is 7.89. The molecule has 1 N–H and O–H groups in total. The minimum Gasteiger partial charge on any atom is -0.366 e. The van der Waals surface area contributed by atoms with E-state index in [2.05, 4.69) is 9.88 Å². The molecule has 6 nitrogen and oxygen atoms in total. The minimum absolute atomic E-state index is 0.108. The Morgan fingerprint density at radius 2 is 1.95 bits per heavy atom. The summed E-state index contributed by atoms with van der Waals surface area (Å²) in [7, 11) is 1.72. The van der Waals surface area contributed by atoms with E-state index in [1.54, 1.807) is 0 Å². The van der Waals surface area contributed by atoms with E-state index >= 15 is 0 Å². The van der Waals surface area contributed by atoms with Gasteiger partial charge in [0.05, 0.1) is 0 Å². The molecular weight excluding hydrogens is 278 g/mol. The van der Waals surface area contributed by atoms with Gasteiger partial charge in [0.25, 0.3) is 0 Å². The van der Waals surface area contributed by atoms with Crippen LogP contribution in [0.2, 0.25) is 0 Å². The number of hydrogen-bond acceptors (Lipinski definition) is 4. The minimum atomic E-state index is -3.75. The van der Waals surface area contributed by atoms with Gasteiger partial charge in [-0.3, -0.25) is 4.79 Å². The smallest absolute Gasteiger partial charge is 0.248 e. The Morgan fingerprint density at radius 1 is 1.30 bits per heavy atom. The van der Waals surface area contributed by atoms with E-state index in [0.717, 1.165) is 19.3 Å². The third-order valence-corrected chi connectivity index (χ3v) is 6.05. The lowest BCUT2D eigenvalue weighted by molar-refractivity contribution is 0.0455. The molecule has 0 spiro atoms. The maximum absolute atomic E-state index is 12.5. The lowest BCUT2D eigenvalue weighted by atomic mass is 9.75. The molecule has 0 aromatic carbocycles. The third kappa shape index (κ3) is 2.53. The number of H-pyrrole nitrogens is 1. The van der Waals surface area contributed by atoms with E-state index in [1.807, 2.05) is 14.1 Å². The molecule has 0 amide bonds. The van der Waals surface area contributed by atoms with Crippen molar-refractivity contribution < 1.29 is 8.42 Å². The Morgan fingerprint density at radius 3 is 2.40 bits per heavy atom. The van der Waals surface area contributed by atoms with Crippen molar-refractivity contribution in [3.63, 3.8) is 0 Å². The summed E-state index contributed by atoms with van der Waals surface area (Å²) in [6.45, 7) is 0.399. The molecule has 1 heterocycles. The lowest BCUT2D eigenvalue weighted by Gasteiger charge is -2.48. The van der Waals surface area contributed by atoms with Gasteiger partial charge in [0, 0.05) is 37.6 Å². The number of rotatable bonds is 5. The van der Waals surface area contributed by atoms with Crippen LogP contribution in [0.15, 0.2) is 28.2 Å². The monoisotopic (exact) mass is 299 g/mol. The molecule has 0 radical (unpaired) electrons. The summed E-state index contributed by atoms with van der Waals surface area (Å²) >= 11 is 0. The molecule has 1 aliphatic rings. The lowest BCUT2D eigenvalue weighted by Crippen LogP contribution is -2.57. The third-order valence-electron chi connectivity index (χ3n) is 4.23. The summed E-state index contributed by atoms with van der Waals surface area (Å²) in [5, 5.41) is 0. The average molecular weight is 299 g/mol. The largest absolute Gasteiger partial charge is 0.366 e. The second-order valence-electron chi connectivity index (χ2n) is 5.61. The first-order valence-corrected chi connectivity index (χ1v) is 8.04. The van der Waals surface area contributed by atoms with Crippen LogP contribution in [0, 0.1) is 0 Å². The molecule has 0 unspecified atom stereocenters. The fourth-order valence-electron chi connectivity index (χ4n) is 2.60. The van der Waals surface area contributed by atoms with Crippen molar-refractivity contribution in [3.8, 4) is 0 Å². The van der Waals surface area contributed by atoms with Gasteiger partial charge in [0.15, 0.2) is 0 Å². The Labute approximate surface area is 119 Å². The molecular formula is C13H21N3O3S. The average Bonchev–Trinajstić information content (AvgIpc) is 2.33. The fourth-order valence-corrected chi connectivity index (χ4v) is 3.89. The van der Waals surface area contributed by atoms with E-state index in [1.165, 1.54) is 29.8 Å². The standard InChI is InChI=1S/C13H21N3O3S/c1-15(2)13(6-4-7-13)10-16(3)20(18,19)12-9-14-8-5-11(12)17/h5,8-9H,4,6-7,10H2,1-3H3,(H,14,17). The molecule has 0 saturated heterocycles. The first-order chi connectivity index (χ1) is 9.29. The van der Waals surface area contributed by atoms with Crippen LogP contribution in [0.5, 0.6) is 0 Å². The quantitative estimate of drug-likeness (QED) is 0.858. The summed E-state index contributed by atoms with van der Waals surface area (Å²) in [6.07, 6.45) is 5.74. The number of sulfonamides is 1. The van der Waals surface area contributed by atoms with E-state index in [9.17, 15) is 13.2 Å². The first kappa shape index (κ1) is 15.2. The summed E-state index contributed by atoms with van der Waals surface area (Å²) in [6, 6.07) is 1.23. The number of hydrogen-bond donors (Lipinski definition) is 1. The number of pyridine rings is 1. The summed E-state index contributed by atoms with van der Waals surface area (Å²) in [5.41, 5.74) is -0.591. The highest BCUT2D eigenvalue weighted by Gasteiger charge is 2.42. The SMILES string of the molecule is CN(C)C1(CN(C)S(=O)(=O)c2c[nH]ccc2=O)CCC1. The van der Waals surface area contributed by atoms with Crippen molar-refractivity contribution in [1.82, 2.24) is 14.2 Å². The molecule has 0 atom stereocenters. The second-order valence-corrected chi connectivity index (χ2v) is 7.62. The van der Waals surface area contributed by atoms with Crippen LogP contribution in [-0.2, 0) is 10.0 Å². The first-order valence-electron chi connectivity index (χ1n) is 6.60. The van der Waals surface area contributed by atoms with Crippen molar-refractivity contribution in [2.75, 3.05) is 27.7 Å². The number of aromatic nitrogens is 1.